The molecule has 0 radical (unpaired) electrons. The highest BCUT2D eigenvalue weighted by molar-refractivity contribution is 7.86. The van der Waals surface area contributed by atoms with Crippen molar-refractivity contribution in [1.29, 1.82) is 0 Å². The largest absolute Gasteiger partial charge is 0.466 e. The minimum atomic E-state index is -4.57. The van der Waals surface area contributed by atoms with Crippen LogP contribution in [0.1, 0.15) is 27.7 Å². The summed E-state index contributed by atoms with van der Waals surface area (Å²) in [5, 5.41) is 0. The second kappa shape index (κ2) is 13.4. The first kappa shape index (κ1) is 29.5. The molecule has 35 heavy (non-hydrogen) atoms. The molecule has 1 aromatic rings. The minimum Gasteiger partial charge on any atom is -0.466 e. The van der Waals surface area contributed by atoms with Crippen LogP contribution in [-0.2, 0) is 62.0 Å². The molecule has 0 aliphatic carbocycles. The summed E-state index contributed by atoms with van der Waals surface area (Å²) >= 11 is 0. The van der Waals surface area contributed by atoms with Crippen molar-refractivity contribution >= 4 is 40.0 Å². The van der Waals surface area contributed by atoms with Gasteiger partial charge in [0.25, 0.3) is 10.1 Å². The van der Waals surface area contributed by atoms with Gasteiger partial charge in [-0.15, -0.1) is 0 Å². The van der Waals surface area contributed by atoms with Crippen LogP contribution in [0.2, 0.25) is 0 Å². The van der Waals surface area contributed by atoms with Gasteiger partial charge < -0.3 is 23.7 Å². The van der Waals surface area contributed by atoms with Gasteiger partial charge in [0.1, 0.15) is 6.61 Å². The van der Waals surface area contributed by atoms with Gasteiger partial charge in [-0.05, 0) is 12.1 Å². The predicted octanol–water partition coefficient (Wildman–Crippen LogP) is 0.292. The van der Waals surface area contributed by atoms with Gasteiger partial charge >= 0.3 is 29.8 Å². The second-order valence-electron chi connectivity index (χ2n) is 6.91. The second-order valence-corrected chi connectivity index (χ2v) is 8.48. The Morgan fingerprint density at radius 2 is 1.29 bits per heavy atom. The van der Waals surface area contributed by atoms with Crippen LogP contribution in [0.3, 0.4) is 0 Å². The third-order valence-electron chi connectivity index (χ3n) is 4.05. The molecule has 13 nitrogen and oxygen atoms in total. The zero-order chi connectivity index (χ0) is 26.8. The standard InChI is InChI=1S/C21H26O13S/c1-12(22)30-11-17(34-35(27,28)16-9-7-6-8-10-16)18(31-13(2)23)19(32-14(3)24)20(21(26)29-5)33-15(4)25/h6-10,17-20H,11H2,1-5H3/t17-,18-,19+,20-/m1/s1. The Kier molecular flexibility index (Phi) is 11.3. The predicted molar refractivity (Wildman–Crippen MR) is 114 cm³/mol. The Morgan fingerprint density at radius 1 is 0.771 bits per heavy atom. The fourth-order valence-electron chi connectivity index (χ4n) is 2.77. The first-order chi connectivity index (χ1) is 16.3. The molecule has 0 aliphatic heterocycles. The van der Waals surface area contributed by atoms with Gasteiger partial charge in [0.15, 0.2) is 18.3 Å². The maximum absolute atomic E-state index is 12.9. The van der Waals surface area contributed by atoms with Crippen molar-refractivity contribution in [3.8, 4) is 0 Å². The third kappa shape index (κ3) is 9.70. The molecule has 0 fully saturated rings. The minimum absolute atomic E-state index is 0.303. The summed E-state index contributed by atoms with van der Waals surface area (Å²) in [5.74, 6) is -5.13. The first-order valence-corrected chi connectivity index (χ1v) is 11.4. The van der Waals surface area contributed by atoms with Crippen LogP contribution in [0, 0.1) is 0 Å². The van der Waals surface area contributed by atoms with E-state index in [4.69, 9.17) is 23.1 Å². The van der Waals surface area contributed by atoms with E-state index in [2.05, 4.69) is 4.74 Å². The molecule has 194 valence electrons. The average Bonchev–Trinajstić information content (AvgIpc) is 2.77. The Morgan fingerprint density at radius 3 is 1.74 bits per heavy atom. The molecule has 0 spiro atoms. The summed E-state index contributed by atoms with van der Waals surface area (Å²) in [6, 6.07) is 6.79. The summed E-state index contributed by atoms with van der Waals surface area (Å²) in [7, 11) is -3.63. The van der Waals surface area contributed by atoms with E-state index < -0.39 is 71.0 Å². The quantitative estimate of drug-likeness (QED) is 0.210. The van der Waals surface area contributed by atoms with E-state index in [1.54, 1.807) is 6.07 Å². The molecule has 0 bridgehead atoms. The zero-order valence-corrected chi connectivity index (χ0v) is 20.4. The van der Waals surface area contributed by atoms with E-state index in [1.807, 2.05) is 0 Å². The van der Waals surface area contributed by atoms with Gasteiger partial charge in [0.2, 0.25) is 6.10 Å². The highest BCUT2D eigenvalue weighted by Gasteiger charge is 2.48. The Labute approximate surface area is 201 Å². The molecule has 0 saturated heterocycles. The number of esters is 5. The van der Waals surface area contributed by atoms with Crippen molar-refractivity contribution in [3.05, 3.63) is 30.3 Å². The third-order valence-corrected chi connectivity index (χ3v) is 5.40. The molecule has 0 aliphatic rings. The molecule has 0 heterocycles. The number of ether oxygens (including phenoxy) is 5. The molecule has 0 amide bonds. The molecular weight excluding hydrogens is 492 g/mol. The molecule has 14 heteroatoms. The maximum atomic E-state index is 12.9. The fourth-order valence-corrected chi connectivity index (χ4v) is 3.86. The van der Waals surface area contributed by atoms with Crippen molar-refractivity contribution in [2.45, 2.75) is 57.0 Å². The SMILES string of the molecule is COC(=O)[C@H](OC(C)=O)[C@@H](OC(C)=O)[C@H](OC(C)=O)[C@@H](COC(C)=O)OS(=O)(=O)c1ccccc1. The van der Waals surface area contributed by atoms with Crippen molar-refractivity contribution in [1.82, 2.24) is 0 Å². The van der Waals surface area contributed by atoms with Gasteiger partial charge in [-0.3, -0.25) is 23.4 Å². The number of methoxy groups -OCH3 is 1. The number of rotatable bonds is 12. The highest BCUT2D eigenvalue weighted by Crippen LogP contribution is 2.24. The smallest absolute Gasteiger partial charge is 0.351 e. The Hall–Kier alpha value is -3.52. The van der Waals surface area contributed by atoms with Crippen molar-refractivity contribution in [2.75, 3.05) is 13.7 Å². The molecule has 0 saturated carbocycles. The first-order valence-electron chi connectivity index (χ1n) is 9.99. The van der Waals surface area contributed by atoms with E-state index in [9.17, 15) is 32.4 Å². The molecule has 0 N–H and O–H groups in total. The molecule has 0 unspecified atom stereocenters. The molecular formula is C21H26O13S. The fraction of sp³-hybridized carbons (Fsp3) is 0.476. The summed E-state index contributed by atoms with van der Waals surface area (Å²) in [6.45, 7) is 3.00. The molecule has 1 aromatic carbocycles. The van der Waals surface area contributed by atoms with Gasteiger partial charge in [0, 0.05) is 27.7 Å². The Bertz CT molecular complexity index is 1020. The van der Waals surface area contributed by atoms with E-state index in [0.717, 1.165) is 34.8 Å². The lowest BCUT2D eigenvalue weighted by atomic mass is 10.0. The van der Waals surface area contributed by atoms with Gasteiger partial charge in [-0.1, -0.05) is 18.2 Å². The van der Waals surface area contributed by atoms with Crippen molar-refractivity contribution in [2.24, 2.45) is 0 Å². The lowest BCUT2D eigenvalue weighted by Crippen LogP contribution is -2.55. The van der Waals surface area contributed by atoms with E-state index in [1.165, 1.54) is 24.3 Å². The number of benzene rings is 1. The van der Waals surface area contributed by atoms with Crippen LogP contribution in [0.4, 0.5) is 0 Å². The number of carbonyl (C=O) groups is 5. The van der Waals surface area contributed by atoms with E-state index in [-0.39, 0.29) is 4.90 Å². The van der Waals surface area contributed by atoms with Gasteiger partial charge in [-0.2, -0.15) is 8.42 Å². The topological polar surface area (TPSA) is 175 Å². The van der Waals surface area contributed by atoms with Crippen LogP contribution in [0.15, 0.2) is 35.2 Å². The summed E-state index contributed by atoms with van der Waals surface area (Å²) in [4.78, 5) is 58.9. The average molecular weight is 518 g/mol. The molecule has 4 atom stereocenters. The van der Waals surface area contributed by atoms with Crippen molar-refractivity contribution in [3.63, 3.8) is 0 Å². The van der Waals surface area contributed by atoms with Gasteiger partial charge in [0.05, 0.1) is 12.0 Å². The maximum Gasteiger partial charge on any atom is 0.351 e. The van der Waals surface area contributed by atoms with Gasteiger partial charge in [-0.25, -0.2) is 4.79 Å². The van der Waals surface area contributed by atoms with E-state index in [0.29, 0.717) is 0 Å². The van der Waals surface area contributed by atoms with Crippen LogP contribution in [-0.4, -0.2) is 76.4 Å². The summed E-state index contributed by atoms with van der Waals surface area (Å²) in [6.07, 6.45) is -7.76. The Balaban J connectivity index is 3.64. The lowest BCUT2D eigenvalue weighted by molar-refractivity contribution is -0.201. The van der Waals surface area contributed by atoms with Crippen LogP contribution in [0.25, 0.3) is 0 Å². The zero-order valence-electron chi connectivity index (χ0n) is 19.6. The van der Waals surface area contributed by atoms with Crippen molar-refractivity contribution < 1.29 is 60.3 Å². The summed E-state index contributed by atoms with van der Waals surface area (Å²) < 4.78 is 55.6. The molecule has 1 rings (SSSR count). The number of hydrogen-bond donors (Lipinski definition) is 0. The summed E-state index contributed by atoms with van der Waals surface area (Å²) in [5.41, 5.74) is 0. The monoisotopic (exact) mass is 518 g/mol. The van der Waals surface area contributed by atoms with Crippen LogP contribution in [0.5, 0.6) is 0 Å². The van der Waals surface area contributed by atoms with E-state index >= 15 is 0 Å². The lowest BCUT2D eigenvalue weighted by Gasteiger charge is -2.34. The number of carbonyl (C=O) groups excluding carboxylic acids is 5. The van der Waals surface area contributed by atoms with Crippen LogP contribution < -0.4 is 0 Å². The molecule has 0 aromatic heterocycles. The van der Waals surface area contributed by atoms with Crippen LogP contribution >= 0.6 is 0 Å². The highest BCUT2D eigenvalue weighted by atomic mass is 32.2. The number of hydrogen-bond acceptors (Lipinski definition) is 13. The normalized spacial score (nSPS) is 14.4.